The third-order valence-electron chi connectivity index (χ3n) is 3.88. The molecule has 0 heterocycles. The molecule has 1 aliphatic rings. The molecular formula is C15H31NO. The zero-order valence-electron chi connectivity index (χ0n) is 11.8. The summed E-state index contributed by atoms with van der Waals surface area (Å²) in [7, 11) is 0. The summed E-state index contributed by atoms with van der Waals surface area (Å²) in [5, 5.41) is 3.53. The Kier molecular flexibility index (Phi) is 8.72. The van der Waals surface area contributed by atoms with Crippen LogP contribution >= 0.6 is 0 Å². The first-order chi connectivity index (χ1) is 8.33. The van der Waals surface area contributed by atoms with Gasteiger partial charge in [-0.2, -0.15) is 0 Å². The number of ether oxygens (including phenoxy) is 1. The van der Waals surface area contributed by atoms with Crippen LogP contribution < -0.4 is 5.32 Å². The molecule has 1 saturated carbocycles. The smallest absolute Gasteiger partial charge is 0.0591 e. The van der Waals surface area contributed by atoms with Crippen molar-refractivity contribution in [2.45, 2.75) is 71.3 Å². The number of nitrogens with one attached hydrogen (secondary N) is 1. The lowest BCUT2D eigenvalue weighted by Gasteiger charge is -2.24. The van der Waals surface area contributed by atoms with Gasteiger partial charge in [-0.05, 0) is 25.7 Å². The number of rotatable bonds is 11. The largest absolute Gasteiger partial charge is 0.380 e. The summed E-state index contributed by atoms with van der Waals surface area (Å²) in [6.07, 6.45) is 10.9. The fourth-order valence-corrected chi connectivity index (χ4v) is 2.31. The number of hydrogen-bond acceptors (Lipinski definition) is 2. The minimum Gasteiger partial charge on any atom is -0.380 e. The number of hydrogen-bond donors (Lipinski definition) is 1. The van der Waals surface area contributed by atoms with Crippen LogP contribution in [0.2, 0.25) is 0 Å². The molecule has 1 fully saturated rings. The van der Waals surface area contributed by atoms with Crippen LogP contribution in [0.4, 0.5) is 0 Å². The minimum absolute atomic E-state index is 0.650. The van der Waals surface area contributed by atoms with E-state index in [0.29, 0.717) is 6.04 Å². The fraction of sp³-hybridized carbons (Fsp3) is 1.00. The van der Waals surface area contributed by atoms with Crippen molar-refractivity contribution in [1.29, 1.82) is 0 Å². The first-order valence-electron chi connectivity index (χ1n) is 7.64. The summed E-state index contributed by atoms with van der Waals surface area (Å²) in [6.45, 7) is 7.40. The van der Waals surface area contributed by atoms with E-state index < -0.39 is 0 Å². The number of unbranched alkanes of at least 4 members (excludes halogenated alkanes) is 2. The summed E-state index contributed by atoms with van der Waals surface area (Å²) in [5.41, 5.74) is 0. The van der Waals surface area contributed by atoms with E-state index in [-0.39, 0.29) is 0 Å². The van der Waals surface area contributed by atoms with Gasteiger partial charge in [0, 0.05) is 19.2 Å². The van der Waals surface area contributed by atoms with Gasteiger partial charge in [-0.3, -0.25) is 0 Å². The molecule has 0 aromatic carbocycles. The molecule has 102 valence electrons. The molecule has 17 heavy (non-hydrogen) atoms. The van der Waals surface area contributed by atoms with Crippen LogP contribution in [0.15, 0.2) is 0 Å². The van der Waals surface area contributed by atoms with Crippen molar-refractivity contribution in [3.63, 3.8) is 0 Å². The predicted octanol–water partition coefficient (Wildman–Crippen LogP) is 3.75. The van der Waals surface area contributed by atoms with Gasteiger partial charge in [0.2, 0.25) is 0 Å². The Morgan fingerprint density at radius 2 is 2.06 bits per heavy atom. The molecule has 1 rings (SSSR count). The van der Waals surface area contributed by atoms with Crippen molar-refractivity contribution in [2.75, 3.05) is 19.8 Å². The molecule has 0 bridgehead atoms. The summed E-state index contributed by atoms with van der Waals surface area (Å²) >= 11 is 0. The molecule has 2 heteroatoms. The Morgan fingerprint density at radius 3 is 2.71 bits per heavy atom. The van der Waals surface area contributed by atoms with E-state index in [9.17, 15) is 0 Å². The molecule has 0 spiro atoms. The Bertz CT molecular complexity index is 168. The van der Waals surface area contributed by atoms with Gasteiger partial charge in [-0.1, -0.05) is 45.4 Å². The van der Waals surface area contributed by atoms with Gasteiger partial charge < -0.3 is 10.1 Å². The lowest BCUT2D eigenvalue weighted by atomic mass is 9.83. The first-order valence-corrected chi connectivity index (χ1v) is 7.64. The highest BCUT2D eigenvalue weighted by atomic mass is 16.5. The van der Waals surface area contributed by atoms with Crippen LogP contribution in [0.5, 0.6) is 0 Å². The van der Waals surface area contributed by atoms with Crippen LogP contribution in [0.25, 0.3) is 0 Å². The van der Waals surface area contributed by atoms with Gasteiger partial charge in [-0.25, -0.2) is 0 Å². The standard InChI is InChI=1S/C15H31NO/c1-3-4-5-7-14(2)16-11-13-17-12-10-15-8-6-9-15/h14-16H,3-13H2,1-2H3. The molecule has 1 unspecified atom stereocenters. The molecule has 0 radical (unpaired) electrons. The normalized spacial score (nSPS) is 18.0. The molecule has 1 atom stereocenters. The Balaban J connectivity index is 1.76. The van der Waals surface area contributed by atoms with Crippen molar-refractivity contribution < 1.29 is 4.74 Å². The van der Waals surface area contributed by atoms with Crippen LogP contribution in [0.1, 0.15) is 65.2 Å². The summed E-state index contributed by atoms with van der Waals surface area (Å²) in [6, 6.07) is 0.650. The molecule has 2 nitrogen and oxygen atoms in total. The third-order valence-corrected chi connectivity index (χ3v) is 3.88. The van der Waals surface area contributed by atoms with Gasteiger partial charge in [0.05, 0.1) is 6.61 Å². The van der Waals surface area contributed by atoms with Crippen LogP contribution in [0, 0.1) is 5.92 Å². The molecule has 0 saturated heterocycles. The lowest BCUT2D eigenvalue weighted by Crippen LogP contribution is -2.29. The van der Waals surface area contributed by atoms with Gasteiger partial charge >= 0.3 is 0 Å². The fourth-order valence-electron chi connectivity index (χ4n) is 2.31. The maximum Gasteiger partial charge on any atom is 0.0591 e. The Labute approximate surface area is 108 Å². The van der Waals surface area contributed by atoms with Crippen molar-refractivity contribution >= 4 is 0 Å². The summed E-state index contributed by atoms with van der Waals surface area (Å²) in [5.74, 6) is 0.982. The third kappa shape index (κ3) is 7.77. The van der Waals surface area contributed by atoms with E-state index in [1.807, 2.05) is 0 Å². The zero-order valence-corrected chi connectivity index (χ0v) is 11.8. The van der Waals surface area contributed by atoms with E-state index in [2.05, 4.69) is 19.2 Å². The van der Waals surface area contributed by atoms with E-state index in [4.69, 9.17) is 4.74 Å². The lowest BCUT2D eigenvalue weighted by molar-refractivity contribution is 0.107. The Hall–Kier alpha value is -0.0800. The second kappa shape index (κ2) is 9.90. The first kappa shape index (κ1) is 15.0. The molecule has 0 amide bonds. The minimum atomic E-state index is 0.650. The van der Waals surface area contributed by atoms with E-state index in [1.165, 1.54) is 51.4 Å². The maximum atomic E-state index is 5.65. The second-order valence-corrected chi connectivity index (χ2v) is 5.55. The quantitative estimate of drug-likeness (QED) is 0.556. The monoisotopic (exact) mass is 241 g/mol. The van der Waals surface area contributed by atoms with Gasteiger partial charge in [0.25, 0.3) is 0 Å². The van der Waals surface area contributed by atoms with Gasteiger partial charge in [0.1, 0.15) is 0 Å². The SMILES string of the molecule is CCCCCC(C)NCCOCCC1CCC1. The molecule has 1 aliphatic carbocycles. The topological polar surface area (TPSA) is 21.3 Å². The molecule has 0 aromatic rings. The summed E-state index contributed by atoms with van der Waals surface area (Å²) in [4.78, 5) is 0. The molecule has 0 aliphatic heterocycles. The predicted molar refractivity (Wildman–Crippen MR) is 74.4 cm³/mol. The van der Waals surface area contributed by atoms with Crippen molar-refractivity contribution in [3.8, 4) is 0 Å². The van der Waals surface area contributed by atoms with Crippen LogP contribution in [-0.2, 0) is 4.74 Å². The second-order valence-electron chi connectivity index (χ2n) is 5.55. The highest BCUT2D eigenvalue weighted by Crippen LogP contribution is 2.28. The summed E-state index contributed by atoms with van der Waals surface area (Å²) < 4.78 is 5.65. The highest BCUT2D eigenvalue weighted by Gasteiger charge is 2.16. The van der Waals surface area contributed by atoms with Gasteiger partial charge in [0.15, 0.2) is 0 Å². The molecular weight excluding hydrogens is 210 g/mol. The van der Waals surface area contributed by atoms with Gasteiger partial charge in [-0.15, -0.1) is 0 Å². The van der Waals surface area contributed by atoms with Crippen molar-refractivity contribution in [3.05, 3.63) is 0 Å². The average Bonchev–Trinajstić information content (AvgIpc) is 2.26. The van der Waals surface area contributed by atoms with Crippen LogP contribution in [-0.4, -0.2) is 25.8 Å². The van der Waals surface area contributed by atoms with Crippen molar-refractivity contribution in [2.24, 2.45) is 5.92 Å². The zero-order chi connectivity index (χ0) is 12.3. The highest BCUT2D eigenvalue weighted by molar-refractivity contribution is 4.68. The van der Waals surface area contributed by atoms with Crippen LogP contribution in [0.3, 0.4) is 0 Å². The Morgan fingerprint density at radius 1 is 1.24 bits per heavy atom. The molecule has 0 aromatic heterocycles. The van der Waals surface area contributed by atoms with E-state index >= 15 is 0 Å². The molecule has 1 N–H and O–H groups in total. The van der Waals surface area contributed by atoms with E-state index in [1.54, 1.807) is 0 Å². The van der Waals surface area contributed by atoms with E-state index in [0.717, 1.165) is 25.7 Å². The maximum absolute atomic E-state index is 5.65. The average molecular weight is 241 g/mol. The van der Waals surface area contributed by atoms with Crippen molar-refractivity contribution in [1.82, 2.24) is 5.32 Å².